The predicted octanol–water partition coefficient (Wildman–Crippen LogP) is 3.02. The molecule has 0 unspecified atom stereocenters. The van der Waals surface area contributed by atoms with Gasteiger partial charge >= 0.3 is 0 Å². The molecule has 2 aromatic rings. The zero-order chi connectivity index (χ0) is 20.6. The summed E-state index contributed by atoms with van der Waals surface area (Å²) in [4.78, 5) is 41.6. The molecule has 3 amide bonds. The van der Waals surface area contributed by atoms with Crippen molar-refractivity contribution >= 4 is 29.1 Å². The average Bonchev–Trinajstić information content (AvgIpc) is 3.03. The summed E-state index contributed by atoms with van der Waals surface area (Å²) in [5.74, 6) is 0.295. The van der Waals surface area contributed by atoms with E-state index in [0.717, 1.165) is 0 Å². The van der Waals surface area contributed by atoms with Gasteiger partial charge in [0.2, 0.25) is 11.8 Å². The average molecular weight is 393 g/mol. The van der Waals surface area contributed by atoms with Gasteiger partial charge in [0, 0.05) is 31.1 Å². The highest BCUT2D eigenvalue weighted by molar-refractivity contribution is 6.10. The first-order valence-electron chi connectivity index (χ1n) is 9.62. The number of hydrogen-bond acceptors (Lipinski definition) is 4. The van der Waals surface area contributed by atoms with E-state index in [4.69, 9.17) is 4.74 Å². The molecule has 0 radical (unpaired) electrons. The summed E-state index contributed by atoms with van der Waals surface area (Å²) in [6.07, 6.45) is 1.05. The number of fused-ring (bicyclic) bond motifs is 3. The molecule has 2 aromatic carbocycles. The van der Waals surface area contributed by atoms with Crippen LogP contribution in [0.1, 0.15) is 36.5 Å². The van der Waals surface area contributed by atoms with E-state index in [-0.39, 0.29) is 30.7 Å². The summed E-state index contributed by atoms with van der Waals surface area (Å²) < 4.78 is 5.17. The molecule has 0 aromatic heterocycles. The fourth-order valence-corrected chi connectivity index (χ4v) is 4.18. The number of amides is 3. The topological polar surface area (TPSA) is 79.0 Å². The van der Waals surface area contributed by atoms with Crippen molar-refractivity contribution in [3.05, 3.63) is 54.1 Å². The maximum Gasteiger partial charge on any atom is 0.257 e. The van der Waals surface area contributed by atoms with Gasteiger partial charge in [-0.15, -0.1) is 0 Å². The van der Waals surface area contributed by atoms with Crippen LogP contribution in [0.25, 0.3) is 0 Å². The minimum absolute atomic E-state index is 0.00159. The van der Waals surface area contributed by atoms with Gasteiger partial charge in [-0.1, -0.05) is 18.2 Å². The van der Waals surface area contributed by atoms with Gasteiger partial charge in [0.25, 0.3) is 5.91 Å². The Morgan fingerprint density at radius 2 is 1.97 bits per heavy atom. The standard InChI is InChI=1S/C22H23N3O4/c1-22-12-10-20(27)25(22)18-9-4-3-8-17(18)21(28)24(22)13-11-19(26)23-15-6-5-7-16(14-15)29-2/h3-9,14H,10-13H2,1-2H3,(H,23,26)/t22-/m0/s1. The Bertz CT molecular complexity index is 990. The molecule has 2 heterocycles. The largest absolute Gasteiger partial charge is 0.497 e. The predicted molar refractivity (Wildman–Crippen MR) is 109 cm³/mol. The van der Waals surface area contributed by atoms with Crippen molar-refractivity contribution < 1.29 is 19.1 Å². The number of nitrogens with zero attached hydrogens (tertiary/aromatic N) is 2. The van der Waals surface area contributed by atoms with Gasteiger partial charge in [0.1, 0.15) is 11.4 Å². The monoisotopic (exact) mass is 393 g/mol. The number of carbonyl (C=O) groups is 3. The first-order valence-corrected chi connectivity index (χ1v) is 9.62. The van der Waals surface area contributed by atoms with Crippen LogP contribution in [0.2, 0.25) is 0 Å². The molecular weight excluding hydrogens is 370 g/mol. The van der Waals surface area contributed by atoms with Crippen LogP contribution in [-0.4, -0.2) is 41.9 Å². The van der Waals surface area contributed by atoms with Crippen LogP contribution in [0.3, 0.4) is 0 Å². The summed E-state index contributed by atoms with van der Waals surface area (Å²) in [6, 6.07) is 14.3. The lowest BCUT2D eigenvalue weighted by atomic mass is 9.98. The lowest BCUT2D eigenvalue weighted by Gasteiger charge is -2.48. The molecular formula is C22H23N3O4. The van der Waals surface area contributed by atoms with E-state index in [1.54, 1.807) is 53.3 Å². The van der Waals surface area contributed by atoms with E-state index >= 15 is 0 Å². The number of hydrogen-bond donors (Lipinski definition) is 1. The Labute approximate surface area is 169 Å². The molecule has 0 bridgehead atoms. The lowest BCUT2D eigenvalue weighted by molar-refractivity contribution is -0.117. The van der Waals surface area contributed by atoms with Crippen LogP contribution in [0.15, 0.2) is 48.5 Å². The second-order valence-corrected chi connectivity index (χ2v) is 7.45. The van der Waals surface area contributed by atoms with E-state index in [0.29, 0.717) is 35.5 Å². The number of para-hydroxylation sites is 1. The minimum Gasteiger partial charge on any atom is -0.497 e. The Morgan fingerprint density at radius 3 is 2.76 bits per heavy atom. The zero-order valence-corrected chi connectivity index (χ0v) is 16.5. The van der Waals surface area contributed by atoms with Crippen molar-refractivity contribution in [1.29, 1.82) is 0 Å². The van der Waals surface area contributed by atoms with Crippen LogP contribution in [-0.2, 0) is 9.59 Å². The number of methoxy groups -OCH3 is 1. The summed E-state index contributed by atoms with van der Waals surface area (Å²) in [6.45, 7) is 2.12. The molecule has 2 aliphatic rings. The lowest BCUT2D eigenvalue weighted by Crippen LogP contribution is -2.62. The van der Waals surface area contributed by atoms with Crippen LogP contribution in [0.4, 0.5) is 11.4 Å². The molecule has 29 heavy (non-hydrogen) atoms. The molecule has 7 nitrogen and oxygen atoms in total. The SMILES string of the molecule is COc1cccc(NC(=O)CCN2C(=O)c3ccccc3N3C(=O)CC[C@@]23C)c1. The number of rotatable bonds is 5. The molecule has 7 heteroatoms. The fraction of sp³-hybridized carbons (Fsp3) is 0.318. The molecule has 1 atom stereocenters. The van der Waals surface area contributed by atoms with Crippen molar-refractivity contribution in [3.8, 4) is 5.75 Å². The Balaban J connectivity index is 1.53. The number of benzene rings is 2. The molecule has 1 fully saturated rings. The molecule has 4 rings (SSSR count). The van der Waals surface area contributed by atoms with Gasteiger partial charge in [-0.2, -0.15) is 0 Å². The Morgan fingerprint density at radius 1 is 1.17 bits per heavy atom. The van der Waals surface area contributed by atoms with Crippen molar-refractivity contribution in [2.45, 2.75) is 31.8 Å². The summed E-state index contributed by atoms with van der Waals surface area (Å²) in [7, 11) is 1.57. The smallest absolute Gasteiger partial charge is 0.257 e. The highest BCUT2D eigenvalue weighted by atomic mass is 16.5. The Hall–Kier alpha value is -3.35. The normalized spacial score (nSPS) is 20.3. The second-order valence-electron chi connectivity index (χ2n) is 7.45. The van der Waals surface area contributed by atoms with Crippen LogP contribution in [0, 0.1) is 0 Å². The molecule has 0 aliphatic carbocycles. The minimum atomic E-state index is -0.751. The van der Waals surface area contributed by atoms with E-state index < -0.39 is 5.66 Å². The van der Waals surface area contributed by atoms with Gasteiger partial charge in [-0.3, -0.25) is 19.3 Å². The van der Waals surface area contributed by atoms with Gasteiger partial charge in [-0.25, -0.2) is 0 Å². The van der Waals surface area contributed by atoms with E-state index in [2.05, 4.69) is 5.32 Å². The third-order valence-corrected chi connectivity index (χ3v) is 5.66. The molecule has 150 valence electrons. The molecule has 0 saturated carbocycles. The molecule has 1 saturated heterocycles. The van der Waals surface area contributed by atoms with Gasteiger partial charge in [0.05, 0.1) is 18.4 Å². The van der Waals surface area contributed by atoms with Crippen molar-refractivity contribution in [1.82, 2.24) is 4.90 Å². The fourth-order valence-electron chi connectivity index (χ4n) is 4.18. The number of anilines is 2. The van der Waals surface area contributed by atoms with Crippen LogP contribution < -0.4 is 15.0 Å². The first-order chi connectivity index (χ1) is 13.9. The summed E-state index contributed by atoms with van der Waals surface area (Å²) in [5.41, 5.74) is 1.03. The van der Waals surface area contributed by atoms with E-state index in [1.807, 2.05) is 19.1 Å². The zero-order valence-electron chi connectivity index (χ0n) is 16.5. The third kappa shape index (κ3) is 3.22. The van der Waals surface area contributed by atoms with E-state index in [9.17, 15) is 14.4 Å². The number of nitrogens with one attached hydrogen (secondary N) is 1. The van der Waals surface area contributed by atoms with Gasteiger partial charge < -0.3 is 15.0 Å². The van der Waals surface area contributed by atoms with Crippen molar-refractivity contribution in [3.63, 3.8) is 0 Å². The molecule has 1 N–H and O–H groups in total. The Kier molecular flexibility index (Phi) is 4.74. The third-order valence-electron chi connectivity index (χ3n) is 5.66. The van der Waals surface area contributed by atoms with Gasteiger partial charge in [-0.05, 0) is 37.6 Å². The number of carbonyl (C=O) groups excluding carboxylic acids is 3. The summed E-state index contributed by atoms with van der Waals surface area (Å²) in [5, 5.41) is 2.83. The first kappa shape index (κ1) is 19.0. The van der Waals surface area contributed by atoms with E-state index in [1.165, 1.54) is 0 Å². The summed E-state index contributed by atoms with van der Waals surface area (Å²) >= 11 is 0. The maximum absolute atomic E-state index is 13.2. The van der Waals surface area contributed by atoms with Gasteiger partial charge in [0.15, 0.2) is 0 Å². The highest BCUT2D eigenvalue weighted by Crippen LogP contribution is 2.43. The number of ether oxygens (including phenoxy) is 1. The second kappa shape index (κ2) is 7.24. The van der Waals surface area contributed by atoms with Crippen molar-refractivity contribution in [2.75, 3.05) is 23.9 Å². The molecule has 0 spiro atoms. The van der Waals surface area contributed by atoms with Crippen LogP contribution in [0.5, 0.6) is 5.75 Å². The highest BCUT2D eigenvalue weighted by Gasteiger charge is 2.52. The van der Waals surface area contributed by atoms with Crippen molar-refractivity contribution in [2.24, 2.45) is 0 Å². The molecule has 2 aliphatic heterocycles. The quantitative estimate of drug-likeness (QED) is 0.847. The maximum atomic E-state index is 13.2. The van der Waals surface area contributed by atoms with Crippen LogP contribution >= 0.6 is 0 Å².